The number of pyridine rings is 1. The summed E-state index contributed by atoms with van der Waals surface area (Å²) in [5, 5.41) is 4.44. The zero-order valence-corrected chi connectivity index (χ0v) is 16.4. The molecular formula is C21H17ClN6O. The van der Waals surface area contributed by atoms with Crippen LogP contribution in [0.4, 0.5) is 5.95 Å². The second kappa shape index (κ2) is 6.93. The molecule has 5 rings (SSSR count). The average molecular weight is 405 g/mol. The number of nitrogens with one attached hydrogen (secondary N) is 2. The lowest BCUT2D eigenvalue weighted by atomic mass is 10.0. The number of hydrogen-bond acceptors (Lipinski definition) is 6. The molecule has 0 atom stereocenters. The van der Waals surface area contributed by atoms with Crippen LogP contribution in [0.15, 0.2) is 47.7 Å². The minimum absolute atomic E-state index is 0.251. The highest BCUT2D eigenvalue weighted by Gasteiger charge is 2.22. The van der Waals surface area contributed by atoms with E-state index in [0.717, 1.165) is 35.2 Å². The summed E-state index contributed by atoms with van der Waals surface area (Å²) >= 11 is 6.54. The van der Waals surface area contributed by atoms with Gasteiger partial charge in [0.2, 0.25) is 5.95 Å². The topological polar surface area (TPSA) is 96.4 Å². The van der Waals surface area contributed by atoms with Crippen LogP contribution in [0.3, 0.4) is 0 Å². The van der Waals surface area contributed by atoms with Gasteiger partial charge in [0, 0.05) is 51.7 Å². The van der Waals surface area contributed by atoms with E-state index >= 15 is 0 Å². The summed E-state index contributed by atoms with van der Waals surface area (Å²) in [4.78, 5) is 33.0. The van der Waals surface area contributed by atoms with Crippen LogP contribution in [-0.2, 0) is 0 Å². The maximum absolute atomic E-state index is 12.7. The number of H-pyrrole nitrogens is 1. The highest BCUT2D eigenvalue weighted by molar-refractivity contribution is 6.33. The Balaban J connectivity index is 1.55. The second-order valence-electron chi connectivity index (χ2n) is 7.11. The van der Waals surface area contributed by atoms with Crippen LogP contribution in [0, 0.1) is 6.92 Å². The molecule has 8 heteroatoms. The van der Waals surface area contributed by atoms with Gasteiger partial charge in [-0.1, -0.05) is 23.7 Å². The molecular weight excluding hydrogens is 388 g/mol. The summed E-state index contributed by atoms with van der Waals surface area (Å²) in [6.07, 6.45) is 7.25. The summed E-state index contributed by atoms with van der Waals surface area (Å²) in [5.74, 6) is 0.533. The summed E-state index contributed by atoms with van der Waals surface area (Å²) in [5.41, 5.74) is 3.78. The van der Waals surface area contributed by atoms with E-state index in [2.05, 4.69) is 30.2 Å². The van der Waals surface area contributed by atoms with Crippen molar-refractivity contribution in [2.75, 3.05) is 5.32 Å². The SMILES string of the molecule is Cc1nccnc1-c1ccc(-c2cc3cnc(NC4CC4)nc3[nH]c2=O)c(Cl)c1. The third-order valence-corrected chi connectivity index (χ3v) is 5.23. The Morgan fingerprint density at radius 3 is 2.69 bits per heavy atom. The van der Waals surface area contributed by atoms with E-state index in [-0.39, 0.29) is 5.56 Å². The zero-order chi connectivity index (χ0) is 20.0. The van der Waals surface area contributed by atoms with Gasteiger partial charge in [0.1, 0.15) is 5.65 Å². The van der Waals surface area contributed by atoms with Gasteiger partial charge in [0.25, 0.3) is 5.56 Å². The molecule has 2 N–H and O–H groups in total. The van der Waals surface area contributed by atoms with E-state index < -0.39 is 0 Å². The van der Waals surface area contributed by atoms with Crippen LogP contribution in [-0.4, -0.2) is 31.0 Å². The van der Waals surface area contributed by atoms with Gasteiger partial charge in [-0.25, -0.2) is 4.98 Å². The quantitative estimate of drug-likeness (QED) is 0.534. The lowest BCUT2D eigenvalue weighted by molar-refractivity contribution is 1.06. The molecule has 7 nitrogen and oxygen atoms in total. The Labute approximate surface area is 171 Å². The molecule has 1 aromatic carbocycles. The number of fused-ring (bicyclic) bond motifs is 1. The van der Waals surface area contributed by atoms with Crippen LogP contribution in [0.1, 0.15) is 18.5 Å². The van der Waals surface area contributed by atoms with Crippen LogP contribution in [0.2, 0.25) is 5.02 Å². The first-order valence-electron chi connectivity index (χ1n) is 9.33. The number of rotatable bonds is 4. The molecule has 0 unspecified atom stereocenters. The number of hydrogen-bond donors (Lipinski definition) is 2. The van der Waals surface area contributed by atoms with E-state index in [0.29, 0.717) is 33.8 Å². The van der Waals surface area contributed by atoms with Gasteiger partial charge in [-0.3, -0.25) is 14.8 Å². The molecule has 0 saturated heterocycles. The lowest BCUT2D eigenvalue weighted by Gasteiger charge is -2.09. The summed E-state index contributed by atoms with van der Waals surface area (Å²) in [7, 11) is 0. The van der Waals surface area contributed by atoms with Crippen molar-refractivity contribution >= 4 is 28.6 Å². The van der Waals surface area contributed by atoms with E-state index in [4.69, 9.17) is 11.6 Å². The first kappa shape index (κ1) is 17.8. The highest BCUT2D eigenvalue weighted by atomic mass is 35.5. The molecule has 0 amide bonds. The molecule has 144 valence electrons. The monoisotopic (exact) mass is 404 g/mol. The van der Waals surface area contributed by atoms with Gasteiger partial charge >= 0.3 is 0 Å². The molecule has 0 radical (unpaired) electrons. The first-order chi connectivity index (χ1) is 14.1. The maximum Gasteiger partial charge on any atom is 0.257 e. The molecule has 0 aliphatic heterocycles. The largest absolute Gasteiger partial charge is 0.351 e. The predicted octanol–water partition coefficient (Wildman–Crippen LogP) is 3.98. The molecule has 1 aliphatic carbocycles. The van der Waals surface area contributed by atoms with Crippen molar-refractivity contribution in [2.45, 2.75) is 25.8 Å². The number of anilines is 1. The van der Waals surface area contributed by atoms with Crippen LogP contribution in [0.5, 0.6) is 0 Å². The molecule has 0 bridgehead atoms. The normalized spacial score (nSPS) is 13.6. The van der Waals surface area contributed by atoms with Crippen LogP contribution < -0.4 is 10.9 Å². The van der Waals surface area contributed by atoms with Crippen molar-refractivity contribution in [3.05, 3.63) is 63.9 Å². The summed E-state index contributed by atoms with van der Waals surface area (Å²) in [6, 6.07) is 7.72. The third kappa shape index (κ3) is 3.45. The molecule has 1 saturated carbocycles. The summed E-state index contributed by atoms with van der Waals surface area (Å²) in [6.45, 7) is 1.89. The molecule has 4 aromatic rings. The molecule has 3 aromatic heterocycles. The van der Waals surface area contributed by atoms with Crippen LogP contribution >= 0.6 is 11.6 Å². The maximum atomic E-state index is 12.7. The minimum Gasteiger partial charge on any atom is -0.351 e. The van der Waals surface area contributed by atoms with Crippen molar-refractivity contribution in [1.82, 2.24) is 24.9 Å². The Morgan fingerprint density at radius 1 is 1.10 bits per heavy atom. The van der Waals surface area contributed by atoms with Gasteiger partial charge in [0.05, 0.1) is 11.4 Å². The minimum atomic E-state index is -0.251. The fourth-order valence-corrected chi connectivity index (χ4v) is 3.53. The van der Waals surface area contributed by atoms with Crippen molar-refractivity contribution in [3.63, 3.8) is 0 Å². The zero-order valence-electron chi connectivity index (χ0n) is 15.6. The lowest BCUT2D eigenvalue weighted by Crippen LogP contribution is -2.11. The highest BCUT2D eigenvalue weighted by Crippen LogP contribution is 2.31. The molecule has 29 heavy (non-hydrogen) atoms. The van der Waals surface area contributed by atoms with E-state index in [1.165, 1.54) is 0 Å². The van der Waals surface area contributed by atoms with Gasteiger partial charge in [0.15, 0.2) is 0 Å². The van der Waals surface area contributed by atoms with Gasteiger partial charge in [-0.15, -0.1) is 0 Å². The average Bonchev–Trinajstić information content (AvgIpc) is 3.52. The first-order valence-corrected chi connectivity index (χ1v) is 9.71. The van der Waals surface area contributed by atoms with E-state index in [9.17, 15) is 4.79 Å². The van der Waals surface area contributed by atoms with Crippen LogP contribution in [0.25, 0.3) is 33.4 Å². The Bertz CT molecular complexity index is 1300. The molecule has 1 fully saturated rings. The number of nitrogens with zero attached hydrogens (tertiary/aromatic N) is 4. The molecule has 1 aliphatic rings. The molecule has 0 spiro atoms. The Morgan fingerprint density at radius 2 is 1.93 bits per heavy atom. The predicted molar refractivity (Wildman–Crippen MR) is 113 cm³/mol. The summed E-state index contributed by atoms with van der Waals surface area (Å²) < 4.78 is 0. The van der Waals surface area contributed by atoms with Crippen molar-refractivity contribution in [2.24, 2.45) is 0 Å². The van der Waals surface area contributed by atoms with Crippen molar-refractivity contribution in [3.8, 4) is 22.4 Å². The van der Waals surface area contributed by atoms with E-state index in [1.807, 2.05) is 19.1 Å². The van der Waals surface area contributed by atoms with Gasteiger partial charge in [-0.05, 0) is 31.9 Å². The van der Waals surface area contributed by atoms with Gasteiger partial charge < -0.3 is 10.3 Å². The third-order valence-electron chi connectivity index (χ3n) is 4.92. The number of halogens is 1. The fourth-order valence-electron chi connectivity index (χ4n) is 3.24. The van der Waals surface area contributed by atoms with Gasteiger partial charge in [-0.2, -0.15) is 4.98 Å². The Kier molecular flexibility index (Phi) is 4.24. The fraction of sp³-hybridized carbons (Fsp3) is 0.190. The van der Waals surface area contributed by atoms with Crippen molar-refractivity contribution in [1.29, 1.82) is 0 Å². The number of aromatic amines is 1. The van der Waals surface area contributed by atoms with Crippen molar-refractivity contribution < 1.29 is 0 Å². The smallest absolute Gasteiger partial charge is 0.257 e. The van der Waals surface area contributed by atoms with E-state index in [1.54, 1.807) is 30.7 Å². The Hall–Kier alpha value is -3.32. The number of aryl methyl sites for hydroxylation is 1. The number of benzene rings is 1. The second-order valence-corrected chi connectivity index (χ2v) is 7.52. The standard InChI is InChI=1S/C21H17ClN6O/c1-11-18(24-7-6-23-11)12-2-5-15(17(22)9-12)16-8-13-10-25-21(26-14-3-4-14)28-19(13)27-20(16)29/h2,5-10,14H,3-4H2,1H3,(H2,25,26,27,28,29). The number of aromatic nitrogens is 5. The molecule has 3 heterocycles.